The van der Waals surface area contributed by atoms with Crippen LogP contribution < -0.4 is 5.32 Å². The Morgan fingerprint density at radius 3 is 2.44 bits per heavy atom. The lowest BCUT2D eigenvalue weighted by Gasteiger charge is -2.18. The molecule has 0 aliphatic carbocycles. The summed E-state index contributed by atoms with van der Waals surface area (Å²) in [4.78, 5) is 12.5. The number of rotatable bonds is 8. The van der Waals surface area contributed by atoms with Gasteiger partial charge in [-0.05, 0) is 59.3 Å². The second-order valence-electron chi connectivity index (χ2n) is 6.78. The minimum Gasteiger partial charge on any atom is -0.320 e. The van der Waals surface area contributed by atoms with Crippen LogP contribution in [0.5, 0.6) is 0 Å². The lowest BCUT2D eigenvalue weighted by molar-refractivity contribution is -0.111. The number of sulfonamides is 1. The number of nitrogens with zero attached hydrogens (tertiary/aromatic N) is 5. The van der Waals surface area contributed by atoms with Crippen LogP contribution in [-0.4, -0.2) is 51.9 Å². The largest absolute Gasteiger partial charge is 0.320 e. The maximum Gasteiger partial charge on any atom is 0.248 e. The molecular formula is C21H23FN6O3S. The molecule has 1 amide bonds. The van der Waals surface area contributed by atoms with Gasteiger partial charge in [-0.15, -0.1) is 5.10 Å². The summed E-state index contributed by atoms with van der Waals surface area (Å²) in [6, 6.07) is 10.3. The number of amides is 1. The Morgan fingerprint density at radius 2 is 1.84 bits per heavy atom. The van der Waals surface area contributed by atoms with Gasteiger partial charge in [0.25, 0.3) is 0 Å². The van der Waals surface area contributed by atoms with Crippen molar-refractivity contribution in [2.45, 2.75) is 25.7 Å². The number of hydrogen-bond acceptors (Lipinski definition) is 6. The van der Waals surface area contributed by atoms with Gasteiger partial charge in [-0.3, -0.25) is 4.79 Å². The Bertz CT molecular complexity index is 1230. The third-order valence-electron chi connectivity index (χ3n) is 4.73. The number of tetrazole rings is 1. The highest BCUT2D eigenvalue weighted by atomic mass is 32.2. The summed E-state index contributed by atoms with van der Waals surface area (Å²) in [6.07, 6.45) is 2.75. The SMILES string of the molecule is CCN(CC)S(=O)(=O)c1ccc(/C=C/C(=O)Nc2cc(-n3nnnc3C)ccc2F)cc1. The second kappa shape index (κ2) is 9.79. The van der Waals surface area contributed by atoms with Gasteiger partial charge in [-0.25, -0.2) is 12.8 Å². The molecule has 32 heavy (non-hydrogen) atoms. The summed E-state index contributed by atoms with van der Waals surface area (Å²) in [7, 11) is -3.55. The van der Waals surface area contributed by atoms with Gasteiger partial charge in [0.05, 0.1) is 16.3 Å². The molecule has 0 radical (unpaired) electrons. The van der Waals surface area contributed by atoms with Crippen molar-refractivity contribution in [3.05, 3.63) is 65.7 Å². The van der Waals surface area contributed by atoms with Gasteiger partial charge in [0.1, 0.15) is 5.82 Å². The zero-order valence-corrected chi connectivity index (χ0v) is 18.7. The van der Waals surface area contributed by atoms with Crippen LogP contribution in [-0.2, 0) is 14.8 Å². The van der Waals surface area contributed by atoms with Crippen molar-refractivity contribution in [1.82, 2.24) is 24.5 Å². The topological polar surface area (TPSA) is 110 Å². The van der Waals surface area contributed by atoms with Crippen LogP contribution >= 0.6 is 0 Å². The molecule has 11 heteroatoms. The molecule has 9 nitrogen and oxygen atoms in total. The highest BCUT2D eigenvalue weighted by Crippen LogP contribution is 2.20. The van der Waals surface area contributed by atoms with Crippen LogP contribution in [0.25, 0.3) is 11.8 Å². The molecule has 0 saturated carbocycles. The summed E-state index contributed by atoms with van der Waals surface area (Å²) in [6.45, 7) is 6.01. The van der Waals surface area contributed by atoms with E-state index in [4.69, 9.17) is 0 Å². The first-order valence-corrected chi connectivity index (χ1v) is 11.3. The lowest BCUT2D eigenvalue weighted by atomic mass is 10.2. The van der Waals surface area contributed by atoms with Crippen molar-refractivity contribution in [3.63, 3.8) is 0 Å². The van der Waals surface area contributed by atoms with Gasteiger partial charge >= 0.3 is 0 Å². The minimum absolute atomic E-state index is 0.0206. The monoisotopic (exact) mass is 458 g/mol. The lowest BCUT2D eigenvalue weighted by Crippen LogP contribution is -2.30. The Labute approximate surface area is 185 Å². The van der Waals surface area contributed by atoms with E-state index in [-0.39, 0.29) is 10.6 Å². The third-order valence-corrected chi connectivity index (χ3v) is 6.79. The zero-order valence-electron chi connectivity index (χ0n) is 17.9. The Kier molecular flexibility index (Phi) is 7.11. The van der Waals surface area contributed by atoms with E-state index in [1.54, 1.807) is 32.9 Å². The predicted molar refractivity (Wildman–Crippen MR) is 118 cm³/mol. The summed E-state index contributed by atoms with van der Waals surface area (Å²) < 4.78 is 42.0. The van der Waals surface area contributed by atoms with Crippen molar-refractivity contribution in [3.8, 4) is 5.69 Å². The number of anilines is 1. The quantitative estimate of drug-likeness (QED) is 0.520. The number of carbonyl (C=O) groups is 1. The minimum atomic E-state index is -3.55. The number of carbonyl (C=O) groups excluding carboxylic acids is 1. The van der Waals surface area contributed by atoms with Crippen molar-refractivity contribution in [2.24, 2.45) is 0 Å². The summed E-state index contributed by atoms with van der Waals surface area (Å²) in [5.74, 6) is -0.637. The molecule has 0 unspecified atom stereocenters. The molecule has 0 spiro atoms. The first kappa shape index (κ1) is 23.2. The maximum atomic E-state index is 14.2. The number of aryl methyl sites for hydroxylation is 1. The van der Waals surface area contributed by atoms with Gasteiger partial charge < -0.3 is 5.32 Å². The molecule has 168 valence electrons. The smallest absolute Gasteiger partial charge is 0.248 e. The van der Waals surface area contributed by atoms with Crippen LogP contribution in [0.1, 0.15) is 25.2 Å². The van der Waals surface area contributed by atoms with Gasteiger partial charge in [0.15, 0.2) is 5.82 Å². The highest BCUT2D eigenvalue weighted by molar-refractivity contribution is 7.89. The Balaban J connectivity index is 1.72. The third kappa shape index (κ3) is 5.06. The molecule has 3 rings (SSSR count). The normalized spacial score (nSPS) is 11.9. The molecule has 3 aromatic rings. The number of aromatic nitrogens is 4. The first-order chi connectivity index (χ1) is 15.3. The van der Waals surface area contributed by atoms with Crippen molar-refractivity contribution >= 4 is 27.7 Å². The molecule has 0 aliphatic heterocycles. The fourth-order valence-electron chi connectivity index (χ4n) is 3.02. The Morgan fingerprint density at radius 1 is 1.16 bits per heavy atom. The standard InChI is InChI=1S/C21H23FN6O3S/c1-4-27(5-2)32(30,31)18-10-6-16(7-11-18)8-13-21(29)23-20-14-17(9-12-19(20)22)28-15(3)24-25-26-28/h6-14H,4-5H2,1-3H3,(H,23,29)/b13-8+. The average molecular weight is 459 g/mol. The van der Waals surface area contributed by atoms with Crippen molar-refractivity contribution in [1.29, 1.82) is 0 Å². The van der Waals surface area contributed by atoms with Crippen LogP contribution in [0.2, 0.25) is 0 Å². The number of halogens is 1. The zero-order chi connectivity index (χ0) is 23.3. The van der Waals surface area contributed by atoms with E-state index in [0.29, 0.717) is 30.2 Å². The Hall–Kier alpha value is -3.44. The van der Waals surface area contributed by atoms with E-state index >= 15 is 0 Å². The van der Waals surface area contributed by atoms with E-state index < -0.39 is 21.7 Å². The van der Waals surface area contributed by atoms with E-state index in [9.17, 15) is 17.6 Å². The summed E-state index contributed by atoms with van der Waals surface area (Å²) in [5.41, 5.74) is 1.10. The van der Waals surface area contributed by atoms with Crippen LogP contribution in [0.3, 0.4) is 0 Å². The molecule has 0 bridgehead atoms. The van der Waals surface area contributed by atoms with E-state index in [1.807, 2.05) is 0 Å². The molecule has 0 fully saturated rings. The molecule has 1 N–H and O–H groups in total. The fourth-order valence-corrected chi connectivity index (χ4v) is 4.48. The van der Waals surface area contributed by atoms with Crippen molar-refractivity contribution in [2.75, 3.05) is 18.4 Å². The summed E-state index contributed by atoms with van der Waals surface area (Å²) >= 11 is 0. The molecule has 0 aliphatic rings. The number of benzene rings is 2. The molecule has 1 heterocycles. The van der Waals surface area contributed by atoms with Crippen LogP contribution in [0, 0.1) is 12.7 Å². The highest BCUT2D eigenvalue weighted by Gasteiger charge is 2.21. The number of hydrogen-bond donors (Lipinski definition) is 1. The maximum absolute atomic E-state index is 14.2. The van der Waals surface area contributed by atoms with Gasteiger partial charge in [0, 0.05) is 19.2 Å². The molecule has 2 aromatic carbocycles. The molecule has 0 atom stereocenters. The number of nitrogens with one attached hydrogen (secondary N) is 1. The molecule has 0 saturated heterocycles. The predicted octanol–water partition coefficient (Wildman–Crippen LogP) is 2.79. The van der Waals surface area contributed by atoms with E-state index in [0.717, 1.165) is 0 Å². The van der Waals surface area contributed by atoms with Gasteiger partial charge in [-0.2, -0.15) is 8.99 Å². The molecule has 1 aromatic heterocycles. The fraction of sp³-hybridized carbons (Fsp3) is 0.238. The first-order valence-electron chi connectivity index (χ1n) is 9.90. The van der Waals surface area contributed by atoms with Gasteiger partial charge in [-0.1, -0.05) is 26.0 Å². The van der Waals surface area contributed by atoms with Crippen LogP contribution in [0.4, 0.5) is 10.1 Å². The van der Waals surface area contributed by atoms with E-state index in [1.165, 1.54) is 51.5 Å². The summed E-state index contributed by atoms with van der Waals surface area (Å²) in [5, 5.41) is 13.6. The van der Waals surface area contributed by atoms with Gasteiger partial charge in [0.2, 0.25) is 15.9 Å². The average Bonchev–Trinajstić information content (AvgIpc) is 3.20. The second-order valence-corrected chi connectivity index (χ2v) is 8.72. The van der Waals surface area contributed by atoms with Crippen molar-refractivity contribution < 1.29 is 17.6 Å². The van der Waals surface area contributed by atoms with Crippen LogP contribution in [0.15, 0.2) is 53.4 Å². The van der Waals surface area contributed by atoms with E-state index in [2.05, 4.69) is 20.8 Å². The molecular weight excluding hydrogens is 435 g/mol.